The van der Waals surface area contributed by atoms with Gasteiger partial charge in [0, 0.05) is 29.8 Å². The average molecular weight is 509 g/mol. The molecule has 0 saturated carbocycles. The number of carbonyl (C=O) groups is 1. The summed E-state index contributed by atoms with van der Waals surface area (Å²) in [6, 6.07) is 8.04. The normalized spacial score (nSPS) is 12.0. The molecule has 0 spiro atoms. The van der Waals surface area contributed by atoms with Crippen LogP contribution in [0.3, 0.4) is 0 Å². The first-order chi connectivity index (χ1) is 16.4. The van der Waals surface area contributed by atoms with Crippen LogP contribution >= 0.6 is 11.6 Å². The highest BCUT2D eigenvalue weighted by atomic mass is 35.5. The highest BCUT2D eigenvalue weighted by Gasteiger charge is 2.51. The fourth-order valence-electron chi connectivity index (χ4n) is 3.08. The van der Waals surface area contributed by atoms with Crippen LogP contribution in [0.25, 0.3) is 22.8 Å². The molecular weight excluding hydrogens is 485 g/mol. The summed E-state index contributed by atoms with van der Waals surface area (Å²) in [5.41, 5.74) is -1.72. The van der Waals surface area contributed by atoms with Gasteiger partial charge in [-0.15, -0.1) is 0 Å². The Hall–Kier alpha value is -3.27. The zero-order chi connectivity index (χ0) is 25.8. The van der Waals surface area contributed by atoms with Crippen molar-refractivity contribution in [2.75, 3.05) is 6.61 Å². The molecule has 0 aliphatic carbocycles. The summed E-state index contributed by atoms with van der Waals surface area (Å²) in [5.74, 6) is -0.250. The minimum Gasteiger partial charge on any atom is -0.478 e. The number of rotatable bonds is 9. The first-order valence-electron chi connectivity index (χ1n) is 10.9. The Kier molecular flexibility index (Phi) is 7.94. The second-order valence-corrected chi connectivity index (χ2v) is 8.83. The molecule has 0 saturated heterocycles. The van der Waals surface area contributed by atoms with E-state index >= 15 is 0 Å². The van der Waals surface area contributed by atoms with E-state index in [2.05, 4.69) is 19.9 Å². The van der Waals surface area contributed by atoms with Gasteiger partial charge in [0.1, 0.15) is 17.0 Å². The highest BCUT2D eigenvalue weighted by Crippen LogP contribution is 2.39. The van der Waals surface area contributed by atoms with Crippen LogP contribution in [0, 0.1) is 5.41 Å². The van der Waals surface area contributed by atoms with Gasteiger partial charge >= 0.3 is 11.9 Å². The Bertz CT molecular complexity index is 1260. The van der Waals surface area contributed by atoms with Crippen molar-refractivity contribution >= 4 is 17.4 Å². The summed E-state index contributed by atoms with van der Waals surface area (Å²) in [7, 11) is 0. The molecule has 35 heavy (non-hydrogen) atoms. The summed E-state index contributed by atoms with van der Waals surface area (Å²) in [5, 5.41) is 0.262. The fourth-order valence-corrected chi connectivity index (χ4v) is 3.29. The summed E-state index contributed by atoms with van der Waals surface area (Å²) >= 11 is 6.32. The lowest BCUT2D eigenvalue weighted by atomic mass is 9.84. The number of aromatic nitrogens is 4. The number of ketones is 1. The zero-order valence-electron chi connectivity index (χ0n) is 19.4. The molecule has 1 N–H and O–H groups in total. The highest BCUT2D eigenvalue weighted by molar-refractivity contribution is 6.33. The van der Waals surface area contributed by atoms with Gasteiger partial charge in [0.25, 0.3) is 0 Å². The van der Waals surface area contributed by atoms with Gasteiger partial charge in [0.2, 0.25) is 5.88 Å². The molecule has 1 aromatic carbocycles. The van der Waals surface area contributed by atoms with Gasteiger partial charge in [-0.25, -0.2) is 14.8 Å². The third-order valence-corrected chi connectivity index (χ3v) is 5.76. The number of benzene rings is 1. The van der Waals surface area contributed by atoms with E-state index < -0.39 is 23.1 Å². The van der Waals surface area contributed by atoms with E-state index in [0.29, 0.717) is 29.2 Å². The average Bonchev–Trinajstić information content (AvgIpc) is 2.81. The number of aromatic amines is 1. The Labute approximate surface area is 204 Å². The number of halogens is 4. The molecule has 2 aromatic heterocycles. The lowest BCUT2D eigenvalue weighted by Gasteiger charge is -2.26. The Morgan fingerprint density at radius 1 is 1.14 bits per heavy atom. The zero-order valence-corrected chi connectivity index (χ0v) is 20.1. The van der Waals surface area contributed by atoms with Crippen molar-refractivity contribution in [3.63, 3.8) is 0 Å². The lowest BCUT2D eigenvalue weighted by molar-refractivity contribution is -0.210. The lowest BCUT2D eigenvalue weighted by Crippen LogP contribution is -2.39. The van der Waals surface area contributed by atoms with Gasteiger partial charge in [0.05, 0.1) is 11.6 Å². The second-order valence-electron chi connectivity index (χ2n) is 8.42. The Balaban J connectivity index is 1.86. The molecule has 3 rings (SSSR count). The number of nitrogens with zero attached hydrogens (tertiary/aromatic N) is 3. The third kappa shape index (κ3) is 6.25. The number of pyridine rings is 1. The number of hydrogen-bond acceptors (Lipinski definition) is 6. The molecule has 186 valence electrons. The number of H-pyrrole nitrogens is 1. The SMILES string of the molecule is CCCOc1ccc(-c2nc(-c3cc(CCC(=O)C(C)(C)C(F)(F)F)ccc3Cl)[nH]c(=O)n2)cn1. The van der Waals surface area contributed by atoms with Crippen LogP contribution in [-0.2, 0) is 11.2 Å². The van der Waals surface area contributed by atoms with Crippen LogP contribution in [0.4, 0.5) is 13.2 Å². The number of ether oxygens (including phenoxy) is 1. The van der Waals surface area contributed by atoms with Gasteiger partial charge in [-0.2, -0.15) is 18.2 Å². The number of hydrogen-bond donors (Lipinski definition) is 1. The third-order valence-electron chi connectivity index (χ3n) is 5.43. The van der Waals surface area contributed by atoms with Crippen molar-refractivity contribution in [1.82, 2.24) is 19.9 Å². The van der Waals surface area contributed by atoms with Crippen LogP contribution in [-0.4, -0.2) is 38.5 Å². The number of carbonyl (C=O) groups excluding carboxylic acids is 1. The molecule has 0 fully saturated rings. The number of nitrogens with one attached hydrogen (secondary N) is 1. The molecule has 3 aromatic rings. The molecule has 11 heteroatoms. The van der Waals surface area contributed by atoms with Crippen LogP contribution in [0.1, 0.15) is 39.2 Å². The van der Waals surface area contributed by atoms with Crippen LogP contribution in [0.15, 0.2) is 41.3 Å². The van der Waals surface area contributed by atoms with E-state index in [1.165, 1.54) is 12.3 Å². The Morgan fingerprint density at radius 2 is 1.89 bits per heavy atom. The van der Waals surface area contributed by atoms with E-state index in [0.717, 1.165) is 20.3 Å². The standard InChI is InChI=1S/C24H24ClF3N4O3/c1-4-11-35-19-10-7-15(13-29-19)20-30-21(32-22(34)31-20)16-12-14(5-8-17(16)25)6-9-18(33)23(2,3)24(26,27)28/h5,7-8,10,12-13H,4,6,9,11H2,1-3H3,(H,30,31,32,34). The van der Waals surface area contributed by atoms with Gasteiger partial charge in [0.15, 0.2) is 5.82 Å². The van der Waals surface area contributed by atoms with Crippen molar-refractivity contribution in [2.24, 2.45) is 5.41 Å². The van der Waals surface area contributed by atoms with Crippen molar-refractivity contribution in [1.29, 1.82) is 0 Å². The van der Waals surface area contributed by atoms with Gasteiger partial charge in [-0.05, 0) is 50.5 Å². The maximum absolute atomic E-state index is 13.1. The first-order valence-corrected chi connectivity index (χ1v) is 11.3. The minimum absolute atomic E-state index is 0.0633. The fraction of sp³-hybridized carbons (Fsp3) is 0.375. The number of Topliss-reactive ketones (excluding diaryl/α,β-unsaturated/α-hetero) is 1. The molecule has 0 radical (unpaired) electrons. The smallest absolute Gasteiger partial charge is 0.400 e. The first kappa shape index (κ1) is 26.3. The van der Waals surface area contributed by atoms with Gasteiger partial charge in [-0.1, -0.05) is 24.6 Å². The van der Waals surface area contributed by atoms with Gasteiger partial charge in [-0.3, -0.25) is 9.78 Å². The molecule has 0 aliphatic rings. The quantitative estimate of drug-likeness (QED) is 0.414. The van der Waals surface area contributed by atoms with Crippen molar-refractivity contribution in [3.8, 4) is 28.7 Å². The minimum atomic E-state index is -4.64. The molecule has 0 atom stereocenters. The van der Waals surface area contributed by atoms with Gasteiger partial charge < -0.3 is 4.74 Å². The summed E-state index contributed by atoms with van der Waals surface area (Å²) in [6.45, 7) is 4.23. The molecule has 0 amide bonds. The predicted molar refractivity (Wildman–Crippen MR) is 125 cm³/mol. The van der Waals surface area contributed by atoms with E-state index in [4.69, 9.17) is 16.3 Å². The molecule has 7 nitrogen and oxygen atoms in total. The van der Waals surface area contributed by atoms with E-state index in [9.17, 15) is 22.8 Å². The van der Waals surface area contributed by atoms with Crippen molar-refractivity contribution in [2.45, 2.75) is 46.2 Å². The molecule has 0 bridgehead atoms. The summed E-state index contributed by atoms with van der Waals surface area (Å²) < 4.78 is 44.9. The summed E-state index contributed by atoms with van der Waals surface area (Å²) in [6.07, 6.45) is -2.57. The monoisotopic (exact) mass is 508 g/mol. The number of alkyl halides is 3. The number of aryl methyl sites for hydroxylation is 1. The maximum Gasteiger partial charge on any atom is 0.400 e. The van der Waals surface area contributed by atoms with E-state index in [1.807, 2.05) is 6.92 Å². The van der Waals surface area contributed by atoms with Crippen molar-refractivity contribution < 1.29 is 22.7 Å². The van der Waals surface area contributed by atoms with E-state index in [-0.39, 0.29) is 29.5 Å². The summed E-state index contributed by atoms with van der Waals surface area (Å²) in [4.78, 5) is 39.4. The largest absolute Gasteiger partial charge is 0.478 e. The maximum atomic E-state index is 13.1. The van der Waals surface area contributed by atoms with Crippen LogP contribution in [0.2, 0.25) is 5.02 Å². The van der Waals surface area contributed by atoms with E-state index in [1.54, 1.807) is 24.3 Å². The Morgan fingerprint density at radius 3 is 2.51 bits per heavy atom. The molecular formula is C24H24ClF3N4O3. The molecule has 0 unspecified atom stereocenters. The topological polar surface area (TPSA) is 97.8 Å². The molecule has 2 heterocycles. The van der Waals surface area contributed by atoms with Crippen LogP contribution in [0.5, 0.6) is 5.88 Å². The van der Waals surface area contributed by atoms with Crippen molar-refractivity contribution in [3.05, 3.63) is 57.6 Å². The van der Waals surface area contributed by atoms with Crippen LogP contribution < -0.4 is 10.4 Å². The predicted octanol–water partition coefficient (Wildman–Crippen LogP) is 5.43. The molecule has 0 aliphatic heterocycles. The second kappa shape index (κ2) is 10.6.